The van der Waals surface area contributed by atoms with Crippen LogP contribution in [0, 0.1) is 5.82 Å². The SMILES string of the molecule is Cl.NC(=O)NC(CC(=O)Nc1ccc2c(c1F)CCNC2)c1cccs1. The molecule has 5 N–H and O–H groups in total. The zero-order valence-corrected chi connectivity index (χ0v) is 15.5. The van der Waals surface area contributed by atoms with Crippen molar-refractivity contribution in [2.75, 3.05) is 11.9 Å². The first-order valence-electron chi connectivity index (χ1n) is 7.95. The van der Waals surface area contributed by atoms with E-state index in [4.69, 9.17) is 5.73 Å². The number of carbonyl (C=O) groups excluding carboxylic acids is 2. The Bertz CT molecular complexity index is 785. The maximum Gasteiger partial charge on any atom is 0.312 e. The zero-order valence-electron chi connectivity index (χ0n) is 13.9. The van der Waals surface area contributed by atoms with Crippen LogP contribution in [0.5, 0.6) is 0 Å². The van der Waals surface area contributed by atoms with Crippen LogP contribution in [-0.2, 0) is 17.8 Å². The number of thiophene rings is 1. The van der Waals surface area contributed by atoms with Crippen LogP contribution in [0.3, 0.4) is 0 Å². The van der Waals surface area contributed by atoms with E-state index < -0.39 is 12.1 Å². The van der Waals surface area contributed by atoms with Gasteiger partial charge in [0.1, 0.15) is 5.82 Å². The molecule has 1 aliphatic heterocycles. The van der Waals surface area contributed by atoms with Crippen LogP contribution in [0.1, 0.15) is 28.5 Å². The van der Waals surface area contributed by atoms with Gasteiger partial charge in [0, 0.05) is 11.4 Å². The molecule has 140 valence electrons. The Morgan fingerprint density at radius 3 is 2.85 bits per heavy atom. The summed E-state index contributed by atoms with van der Waals surface area (Å²) in [7, 11) is 0. The summed E-state index contributed by atoms with van der Waals surface area (Å²) in [5.74, 6) is -0.775. The third-order valence-electron chi connectivity index (χ3n) is 4.07. The summed E-state index contributed by atoms with van der Waals surface area (Å²) < 4.78 is 14.6. The number of rotatable bonds is 5. The fourth-order valence-corrected chi connectivity index (χ4v) is 3.68. The molecule has 3 amide bonds. The number of hydrogen-bond donors (Lipinski definition) is 4. The van der Waals surface area contributed by atoms with E-state index in [0.29, 0.717) is 25.1 Å². The number of nitrogens with one attached hydrogen (secondary N) is 3. The van der Waals surface area contributed by atoms with Crippen molar-refractivity contribution in [1.29, 1.82) is 0 Å². The molecule has 2 aromatic rings. The van der Waals surface area contributed by atoms with Gasteiger partial charge in [0.05, 0.1) is 18.2 Å². The Morgan fingerprint density at radius 2 is 2.15 bits per heavy atom. The number of urea groups is 1. The topological polar surface area (TPSA) is 96.2 Å². The molecule has 0 saturated heterocycles. The third kappa shape index (κ3) is 4.72. The summed E-state index contributed by atoms with van der Waals surface area (Å²) in [6, 6.07) is 5.77. The first-order chi connectivity index (χ1) is 12.0. The average Bonchev–Trinajstić information content (AvgIpc) is 3.11. The number of anilines is 1. The van der Waals surface area contributed by atoms with E-state index in [-0.39, 0.29) is 36.2 Å². The lowest BCUT2D eigenvalue weighted by Crippen LogP contribution is -2.35. The van der Waals surface area contributed by atoms with Crippen LogP contribution >= 0.6 is 23.7 Å². The van der Waals surface area contributed by atoms with Crippen LogP contribution in [0.15, 0.2) is 29.6 Å². The molecule has 1 aliphatic rings. The second kappa shape index (κ2) is 8.98. The normalized spacial score (nSPS) is 13.9. The van der Waals surface area contributed by atoms with Crippen molar-refractivity contribution in [3.63, 3.8) is 0 Å². The molecule has 6 nitrogen and oxygen atoms in total. The molecule has 0 radical (unpaired) electrons. The van der Waals surface area contributed by atoms with Crippen molar-refractivity contribution in [1.82, 2.24) is 10.6 Å². The van der Waals surface area contributed by atoms with E-state index in [2.05, 4.69) is 16.0 Å². The van der Waals surface area contributed by atoms with Gasteiger partial charge in [0.15, 0.2) is 0 Å². The third-order valence-corrected chi connectivity index (χ3v) is 5.06. The molecule has 1 unspecified atom stereocenters. The van der Waals surface area contributed by atoms with E-state index in [1.807, 2.05) is 23.6 Å². The van der Waals surface area contributed by atoms with Crippen LogP contribution < -0.4 is 21.7 Å². The van der Waals surface area contributed by atoms with Gasteiger partial charge in [0.25, 0.3) is 0 Å². The van der Waals surface area contributed by atoms with Crippen molar-refractivity contribution < 1.29 is 14.0 Å². The van der Waals surface area contributed by atoms with Gasteiger partial charge in [-0.25, -0.2) is 9.18 Å². The molecule has 2 heterocycles. The second-order valence-corrected chi connectivity index (χ2v) is 6.80. The summed E-state index contributed by atoms with van der Waals surface area (Å²) in [5, 5.41) is 10.2. The molecule has 0 bridgehead atoms. The Balaban J connectivity index is 0.00000243. The van der Waals surface area contributed by atoms with E-state index in [0.717, 1.165) is 10.4 Å². The predicted octanol–water partition coefficient (Wildman–Crippen LogP) is 2.69. The maximum atomic E-state index is 14.6. The van der Waals surface area contributed by atoms with Gasteiger partial charge in [-0.1, -0.05) is 12.1 Å². The molecule has 1 atom stereocenters. The van der Waals surface area contributed by atoms with Crippen molar-refractivity contribution in [2.24, 2.45) is 5.73 Å². The van der Waals surface area contributed by atoms with E-state index in [1.54, 1.807) is 6.07 Å². The van der Waals surface area contributed by atoms with Gasteiger partial charge in [-0.2, -0.15) is 0 Å². The highest BCUT2D eigenvalue weighted by atomic mass is 35.5. The lowest BCUT2D eigenvalue weighted by molar-refractivity contribution is -0.116. The molecule has 0 fully saturated rings. The molecule has 0 spiro atoms. The lowest BCUT2D eigenvalue weighted by atomic mass is 9.99. The minimum atomic E-state index is -0.710. The van der Waals surface area contributed by atoms with Crippen LogP contribution in [0.25, 0.3) is 0 Å². The van der Waals surface area contributed by atoms with Gasteiger partial charge in [-0.15, -0.1) is 23.7 Å². The van der Waals surface area contributed by atoms with Gasteiger partial charge in [-0.05, 0) is 41.6 Å². The molecule has 0 aliphatic carbocycles. The van der Waals surface area contributed by atoms with Gasteiger partial charge in [-0.3, -0.25) is 4.79 Å². The van der Waals surface area contributed by atoms with Crippen LogP contribution in [0.4, 0.5) is 14.9 Å². The summed E-state index contributed by atoms with van der Waals surface area (Å²) in [6.45, 7) is 1.34. The molecular formula is C17H20ClFN4O2S. The Hall–Kier alpha value is -2.16. The second-order valence-electron chi connectivity index (χ2n) is 5.82. The lowest BCUT2D eigenvalue weighted by Gasteiger charge is -2.20. The van der Waals surface area contributed by atoms with E-state index in [1.165, 1.54) is 11.3 Å². The van der Waals surface area contributed by atoms with Crippen molar-refractivity contribution in [3.05, 3.63) is 51.5 Å². The largest absolute Gasteiger partial charge is 0.352 e. The summed E-state index contributed by atoms with van der Waals surface area (Å²) in [4.78, 5) is 24.3. The molecule has 1 aromatic carbocycles. The number of primary amides is 1. The highest BCUT2D eigenvalue weighted by Crippen LogP contribution is 2.26. The predicted molar refractivity (Wildman–Crippen MR) is 102 cm³/mol. The number of benzene rings is 1. The highest BCUT2D eigenvalue weighted by Gasteiger charge is 2.21. The number of amides is 3. The first-order valence-corrected chi connectivity index (χ1v) is 8.82. The number of carbonyl (C=O) groups is 2. The van der Waals surface area contributed by atoms with E-state index >= 15 is 0 Å². The quantitative estimate of drug-likeness (QED) is 0.623. The Morgan fingerprint density at radius 1 is 1.35 bits per heavy atom. The zero-order chi connectivity index (χ0) is 17.8. The van der Waals surface area contributed by atoms with Crippen molar-refractivity contribution in [2.45, 2.75) is 25.4 Å². The molecule has 3 rings (SSSR count). The van der Waals surface area contributed by atoms with Crippen LogP contribution in [-0.4, -0.2) is 18.5 Å². The monoisotopic (exact) mass is 398 g/mol. The average molecular weight is 399 g/mol. The van der Waals surface area contributed by atoms with Gasteiger partial charge < -0.3 is 21.7 Å². The number of nitrogens with two attached hydrogens (primary N) is 1. The maximum absolute atomic E-state index is 14.6. The standard InChI is InChI=1S/C17H19FN4O2S.ClH/c18-16-11-5-6-20-9-10(11)3-4-12(16)21-15(23)8-13(22-17(19)24)14-2-1-7-25-14;/h1-4,7,13,20H,5-6,8-9H2,(H,21,23)(H3,19,22,24);1H. The van der Waals surface area contributed by atoms with Gasteiger partial charge in [0.2, 0.25) is 5.91 Å². The van der Waals surface area contributed by atoms with Gasteiger partial charge >= 0.3 is 6.03 Å². The summed E-state index contributed by atoms with van der Waals surface area (Å²) in [6.07, 6.45) is 0.563. The number of halogens is 2. The fourth-order valence-electron chi connectivity index (χ4n) is 2.90. The Labute approximate surface area is 160 Å². The van der Waals surface area contributed by atoms with E-state index in [9.17, 15) is 14.0 Å². The number of fused-ring (bicyclic) bond motifs is 1. The smallest absolute Gasteiger partial charge is 0.312 e. The molecular weight excluding hydrogens is 379 g/mol. The molecule has 9 heteroatoms. The fraction of sp³-hybridized carbons (Fsp3) is 0.294. The summed E-state index contributed by atoms with van der Waals surface area (Å²) in [5.41, 5.74) is 6.90. The molecule has 26 heavy (non-hydrogen) atoms. The minimum Gasteiger partial charge on any atom is -0.352 e. The minimum absolute atomic E-state index is 0. The van der Waals surface area contributed by atoms with Crippen molar-refractivity contribution >= 4 is 41.4 Å². The summed E-state index contributed by atoms with van der Waals surface area (Å²) >= 11 is 1.41. The van der Waals surface area contributed by atoms with Crippen LogP contribution in [0.2, 0.25) is 0 Å². The number of hydrogen-bond acceptors (Lipinski definition) is 4. The first kappa shape index (κ1) is 20.2. The van der Waals surface area contributed by atoms with Crippen molar-refractivity contribution in [3.8, 4) is 0 Å². The molecule has 1 aromatic heterocycles. The highest BCUT2D eigenvalue weighted by molar-refractivity contribution is 7.10. The Kier molecular flexibility index (Phi) is 6.96. The molecule has 0 saturated carbocycles.